The van der Waals surface area contributed by atoms with Gasteiger partial charge in [0.1, 0.15) is 0 Å². The number of aromatic nitrogens is 2. The molecule has 0 amide bonds. The molecule has 4 bridgehead atoms. The summed E-state index contributed by atoms with van der Waals surface area (Å²) in [5.74, 6) is 3.52. The Labute approximate surface area is 212 Å². The maximum Gasteiger partial charge on any atom is 0.160 e. The Morgan fingerprint density at radius 1 is 0.639 bits per heavy atom. The van der Waals surface area contributed by atoms with Gasteiger partial charge >= 0.3 is 0 Å². The molecule has 0 N–H and O–H groups in total. The van der Waals surface area contributed by atoms with E-state index in [4.69, 9.17) is 9.97 Å². The molecule has 0 aliphatic heterocycles. The molecule has 3 aromatic carbocycles. The maximum absolute atomic E-state index is 9.19. The fourth-order valence-electron chi connectivity index (χ4n) is 7.63. The van der Waals surface area contributed by atoms with Crippen molar-refractivity contribution in [3.8, 4) is 40.0 Å². The zero-order chi connectivity index (χ0) is 24.1. The molecule has 4 aliphatic carbocycles. The number of hydrogen-bond donors (Lipinski definition) is 0. The van der Waals surface area contributed by atoms with Gasteiger partial charge in [0.25, 0.3) is 0 Å². The Bertz CT molecular complexity index is 1410. The van der Waals surface area contributed by atoms with Crippen LogP contribution in [0.5, 0.6) is 0 Å². The topological polar surface area (TPSA) is 49.6 Å². The van der Waals surface area contributed by atoms with Crippen molar-refractivity contribution in [3.05, 3.63) is 96.1 Å². The normalized spacial score (nSPS) is 26.0. The van der Waals surface area contributed by atoms with Crippen molar-refractivity contribution in [2.24, 2.45) is 17.8 Å². The van der Waals surface area contributed by atoms with E-state index in [0.29, 0.717) is 16.8 Å². The average Bonchev–Trinajstić information content (AvgIpc) is 2.93. The molecule has 176 valence electrons. The Hall–Kier alpha value is -3.77. The van der Waals surface area contributed by atoms with Gasteiger partial charge in [0, 0.05) is 16.7 Å². The van der Waals surface area contributed by atoms with Crippen LogP contribution in [0.3, 0.4) is 0 Å². The lowest BCUT2D eigenvalue weighted by molar-refractivity contribution is -0.00518. The molecule has 3 nitrogen and oxygen atoms in total. The van der Waals surface area contributed by atoms with Crippen molar-refractivity contribution in [1.82, 2.24) is 9.97 Å². The highest BCUT2D eigenvalue weighted by atomic mass is 14.9. The average molecular weight is 468 g/mol. The van der Waals surface area contributed by atoms with Gasteiger partial charge in [-0.15, -0.1) is 0 Å². The summed E-state index contributed by atoms with van der Waals surface area (Å²) in [5.41, 5.74) is 7.53. The predicted molar refractivity (Wildman–Crippen MR) is 143 cm³/mol. The van der Waals surface area contributed by atoms with Crippen LogP contribution in [-0.2, 0) is 5.41 Å². The fourth-order valence-corrected chi connectivity index (χ4v) is 7.63. The minimum Gasteiger partial charge on any atom is -0.228 e. The Morgan fingerprint density at radius 3 is 1.72 bits per heavy atom. The van der Waals surface area contributed by atoms with E-state index in [9.17, 15) is 5.26 Å². The van der Waals surface area contributed by atoms with Gasteiger partial charge < -0.3 is 0 Å². The van der Waals surface area contributed by atoms with Crippen molar-refractivity contribution in [2.45, 2.75) is 43.9 Å². The van der Waals surface area contributed by atoms with Gasteiger partial charge in [-0.05, 0) is 97.6 Å². The van der Waals surface area contributed by atoms with Crippen molar-refractivity contribution < 1.29 is 0 Å². The van der Waals surface area contributed by atoms with E-state index in [1.54, 1.807) is 0 Å². The first-order valence-electron chi connectivity index (χ1n) is 13.2. The van der Waals surface area contributed by atoms with Gasteiger partial charge in [0.15, 0.2) is 5.82 Å². The Balaban J connectivity index is 1.28. The van der Waals surface area contributed by atoms with Crippen LogP contribution >= 0.6 is 0 Å². The summed E-state index contributed by atoms with van der Waals surface area (Å²) >= 11 is 0. The molecule has 0 radical (unpaired) electrons. The second-order valence-corrected chi connectivity index (χ2v) is 11.3. The summed E-state index contributed by atoms with van der Waals surface area (Å²) in [7, 11) is 0. The van der Waals surface area contributed by atoms with Crippen molar-refractivity contribution in [3.63, 3.8) is 0 Å². The zero-order valence-electron chi connectivity index (χ0n) is 20.4. The van der Waals surface area contributed by atoms with E-state index >= 15 is 0 Å². The van der Waals surface area contributed by atoms with Gasteiger partial charge in [-0.2, -0.15) is 5.26 Å². The lowest BCUT2D eigenvalue weighted by atomic mass is 9.48. The minimum atomic E-state index is 0.405. The first-order valence-corrected chi connectivity index (χ1v) is 13.2. The van der Waals surface area contributed by atoms with Crippen LogP contribution in [0, 0.1) is 29.1 Å². The molecule has 3 heteroatoms. The lowest BCUT2D eigenvalue weighted by Gasteiger charge is -2.57. The molecule has 0 unspecified atom stereocenters. The van der Waals surface area contributed by atoms with Crippen LogP contribution in [0.25, 0.3) is 33.9 Å². The summed E-state index contributed by atoms with van der Waals surface area (Å²) in [6.45, 7) is 0. The largest absolute Gasteiger partial charge is 0.228 e. The van der Waals surface area contributed by atoms with Crippen LogP contribution in [0.2, 0.25) is 0 Å². The molecule has 1 aromatic heterocycles. The maximum atomic E-state index is 9.19. The van der Waals surface area contributed by atoms with E-state index in [1.165, 1.54) is 44.1 Å². The van der Waals surface area contributed by atoms with Crippen molar-refractivity contribution >= 4 is 0 Å². The van der Waals surface area contributed by atoms with Gasteiger partial charge in [-0.25, -0.2) is 9.97 Å². The third-order valence-electron chi connectivity index (χ3n) is 8.90. The van der Waals surface area contributed by atoms with Crippen LogP contribution in [-0.4, -0.2) is 9.97 Å². The van der Waals surface area contributed by atoms with E-state index in [2.05, 4.69) is 48.5 Å². The van der Waals surface area contributed by atoms with Crippen molar-refractivity contribution in [1.29, 1.82) is 5.26 Å². The second kappa shape index (κ2) is 8.42. The zero-order valence-corrected chi connectivity index (χ0v) is 20.4. The summed E-state index contributed by atoms with van der Waals surface area (Å²) in [6, 6.07) is 31.4. The van der Waals surface area contributed by atoms with Gasteiger partial charge in [0.2, 0.25) is 0 Å². The molecular formula is C33H29N3. The highest BCUT2D eigenvalue weighted by Crippen LogP contribution is 2.60. The van der Waals surface area contributed by atoms with E-state index < -0.39 is 0 Å². The van der Waals surface area contributed by atoms with E-state index in [0.717, 1.165) is 45.8 Å². The second-order valence-electron chi connectivity index (χ2n) is 11.3. The van der Waals surface area contributed by atoms with Crippen LogP contribution in [0.1, 0.15) is 49.7 Å². The first-order chi connectivity index (χ1) is 17.7. The molecule has 4 aliphatic rings. The molecule has 0 saturated heterocycles. The van der Waals surface area contributed by atoms with Gasteiger partial charge in [-0.3, -0.25) is 0 Å². The van der Waals surface area contributed by atoms with Crippen LogP contribution in [0.4, 0.5) is 0 Å². The lowest BCUT2D eigenvalue weighted by Crippen LogP contribution is -2.48. The molecule has 8 rings (SSSR count). The first kappa shape index (κ1) is 21.5. The third kappa shape index (κ3) is 3.73. The molecule has 4 fully saturated rings. The molecule has 4 aromatic rings. The quantitative estimate of drug-likeness (QED) is 0.307. The minimum absolute atomic E-state index is 0.405. The van der Waals surface area contributed by atoms with E-state index in [-0.39, 0.29) is 0 Å². The van der Waals surface area contributed by atoms with Gasteiger partial charge in [0.05, 0.1) is 23.0 Å². The fraction of sp³-hybridized carbons (Fsp3) is 0.303. The summed E-state index contributed by atoms with van der Waals surface area (Å²) < 4.78 is 0. The smallest absolute Gasteiger partial charge is 0.160 e. The van der Waals surface area contributed by atoms with Gasteiger partial charge in [-0.1, -0.05) is 54.6 Å². The van der Waals surface area contributed by atoms with Crippen LogP contribution < -0.4 is 0 Å². The summed E-state index contributed by atoms with van der Waals surface area (Å²) in [4.78, 5) is 9.89. The SMILES string of the molecule is N#Cc1ccc(-c2nc(-c3ccccc3)cc(-c3ccc(C45CC6CC(CC(C6)C4)C5)cc3)n2)cc1. The number of hydrogen-bond acceptors (Lipinski definition) is 3. The molecule has 4 saturated carbocycles. The predicted octanol–water partition coefficient (Wildman–Crippen LogP) is 7.82. The molecule has 0 atom stereocenters. The number of nitriles is 1. The summed E-state index contributed by atoms with van der Waals surface area (Å²) in [5, 5.41) is 9.19. The molecule has 36 heavy (non-hydrogen) atoms. The monoisotopic (exact) mass is 467 g/mol. The van der Waals surface area contributed by atoms with Crippen molar-refractivity contribution in [2.75, 3.05) is 0 Å². The van der Waals surface area contributed by atoms with Crippen LogP contribution in [0.15, 0.2) is 84.9 Å². The number of nitrogens with zero attached hydrogens (tertiary/aromatic N) is 3. The highest BCUT2D eigenvalue weighted by molar-refractivity contribution is 5.72. The standard InChI is InChI=1S/C33H29N3/c34-21-22-6-8-28(9-7-22)32-35-30(26-4-2-1-3-5-26)17-31(36-32)27-10-12-29(13-11-27)33-18-23-14-24(19-33)16-25(15-23)20-33/h1-13,17,23-25H,14-16,18-20H2. The Morgan fingerprint density at radius 2 is 1.17 bits per heavy atom. The number of rotatable bonds is 4. The molecule has 1 heterocycles. The summed E-state index contributed by atoms with van der Waals surface area (Å²) in [6.07, 6.45) is 8.56. The molecular weight excluding hydrogens is 438 g/mol. The number of benzene rings is 3. The highest BCUT2D eigenvalue weighted by Gasteiger charge is 2.51. The van der Waals surface area contributed by atoms with E-state index in [1.807, 2.05) is 42.5 Å². The third-order valence-corrected chi connectivity index (χ3v) is 8.90. The molecule has 0 spiro atoms. The Kier molecular flexibility index (Phi) is 5.03.